The molecule has 1 aromatic rings. The summed E-state index contributed by atoms with van der Waals surface area (Å²) >= 11 is 0. The average molecular weight is 248 g/mol. The van der Waals surface area contributed by atoms with E-state index in [1.165, 1.54) is 6.21 Å². The van der Waals surface area contributed by atoms with E-state index in [4.69, 9.17) is 4.74 Å². The standard InChI is InChI=1S/C14H20N2O2/c1-4-15-14(17)11-12-7-5-6-8-13(12)18-10-9-16(2)3/h4-8H,9-11H2,1-3H3. The van der Waals surface area contributed by atoms with E-state index < -0.39 is 0 Å². The van der Waals surface area contributed by atoms with Crippen molar-refractivity contribution in [3.8, 4) is 5.75 Å². The van der Waals surface area contributed by atoms with Crippen LogP contribution in [0.3, 0.4) is 0 Å². The zero-order chi connectivity index (χ0) is 13.4. The summed E-state index contributed by atoms with van der Waals surface area (Å²) in [4.78, 5) is 17.3. The summed E-state index contributed by atoms with van der Waals surface area (Å²) in [5.74, 6) is 0.611. The molecule has 1 amide bonds. The Kier molecular flexibility index (Phi) is 6.08. The van der Waals surface area contributed by atoms with Gasteiger partial charge in [-0.2, -0.15) is 0 Å². The topological polar surface area (TPSA) is 41.9 Å². The van der Waals surface area contributed by atoms with E-state index in [-0.39, 0.29) is 12.3 Å². The summed E-state index contributed by atoms with van der Waals surface area (Å²) < 4.78 is 5.68. The molecule has 0 heterocycles. The van der Waals surface area contributed by atoms with Gasteiger partial charge in [0.1, 0.15) is 12.4 Å². The zero-order valence-corrected chi connectivity index (χ0v) is 11.2. The van der Waals surface area contributed by atoms with Gasteiger partial charge in [0.25, 0.3) is 0 Å². The van der Waals surface area contributed by atoms with Crippen molar-refractivity contribution in [2.75, 3.05) is 27.2 Å². The molecule has 0 saturated heterocycles. The second-order valence-corrected chi connectivity index (χ2v) is 4.22. The maximum absolute atomic E-state index is 11.5. The van der Waals surface area contributed by atoms with Crippen molar-refractivity contribution in [3.63, 3.8) is 0 Å². The van der Waals surface area contributed by atoms with Crippen molar-refractivity contribution < 1.29 is 9.53 Å². The smallest absolute Gasteiger partial charge is 0.249 e. The van der Waals surface area contributed by atoms with Crippen LogP contribution in [0.1, 0.15) is 12.5 Å². The maximum Gasteiger partial charge on any atom is 0.249 e. The molecule has 18 heavy (non-hydrogen) atoms. The second kappa shape index (κ2) is 7.61. The van der Waals surface area contributed by atoms with Crippen LogP contribution >= 0.6 is 0 Å². The van der Waals surface area contributed by atoms with E-state index in [9.17, 15) is 4.79 Å². The highest BCUT2D eigenvalue weighted by Gasteiger charge is 2.07. The second-order valence-electron chi connectivity index (χ2n) is 4.22. The number of nitrogens with zero attached hydrogens (tertiary/aromatic N) is 2. The van der Waals surface area contributed by atoms with Gasteiger partial charge in [-0.05, 0) is 27.1 Å². The van der Waals surface area contributed by atoms with Crippen molar-refractivity contribution in [3.05, 3.63) is 29.8 Å². The first-order chi connectivity index (χ1) is 8.63. The fourth-order valence-corrected chi connectivity index (χ4v) is 1.48. The minimum absolute atomic E-state index is 0.152. The molecule has 0 aliphatic heterocycles. The van der Waals surface area contributed by atoms with Crippen LogP contribution < -0.4 is 4.74 Å². The van der Waals surface area contributed by atoms with Crippen LogP contribution in [0.2, 0.25) is 0 Å². The summed E-state index contributed by atoms with van der Waals surface area (Å²) in [6.45, 7) is 3.18. The van der Waals surface area contributed by atoms with Crippen molar-refractivity contribution in [2.24, 2.45) is 4.99 Å². The Labute approximate surface area is 108 Å². The first-order valence-electron chi connectivity index (χ1n) is 6.00. The van der Waals surface area contributed by atoms with Crippen LogP contribution in [0, 0.1) is 0 Å². The van der Waals surface area contributed by atoms with Gasteiger partial charge in [-0.1, -0.05) is 18.2 Å². The van der Waals surface area contributed by atoms with E-state index in [0.29, 0.717) is 6.61 Å². The molecule has 0 saturated carbocycles. The number of rotatable bonds is 6. The highest BCUT2D eigenvalue weighted by Crippen LogP contribution is 2.18. The minimum atomic E-state index is -0.152. The lowest BCUT2D eigenvalue weighted by molar-refractivity contribution is -0.117. The van der Waals surface area contributed by atoms with Gasteiger partial charge in [-0.15, -0.1) is 0 Å². The number of likely N-dealkylation sites (N-methyl/N-ethyl adjacent to an activating group) is 1. The van der Waals surface area contributed by atoms with Crippen molar-refractivity contribution >= 4 is 12.1 Å². The number of carbonyl (C=O) groups excluding carboxylic acids is 1. The first kappa shape index (κ1) is 14.4. The molecule has 4 heteroatoms. The van der Waals surface area contributed by atoms with Crippen LogP contribution in [0.4, 0.5) is 0 Å². The molecule has 0 unspecified atom stereocenters. The Morgan fingerprint density at radius 1 is 1.39 bits per heavy atom. The van der Waals surface area contributed by atoms with Crippen LogP contribution in [-0.4, -0.2) is 44.3 Å². The molecule has 0 fully saturated rings. The molecule has 0 aliphatic rings. The molecule has 0 spiro atoms. The monoisotopic (exact) mass is 248 g/mol. The molecule has 4 nitrogen and oxygen atoms in total. The number of carbonyl (C=O) groups is 1. The lowest BCUT2D eigenvalue weighted by Crippen LogP contribution is -2.19. The molecule has 0 atom stereocenters. The van der Waals surface area contributed by atoms with Gasteiger partial charge in [0, 0.05) is 18.3 Å². The summed E-state index contributed by atoms with van der Waals surface area (Å²) in [5.41, 5.74) is 0.881. The Morgan fingerprint density at radius 3 is 2.78 bits per heavy atom. The van der Waals surface area contributed by atoms with E-state index in [0.717, 1.165) is 17.9 Å². The fourth-order valence-electron chi connectivity index (χ4n) is 1.48. The molecule has 1 aromatic carbocycles. The van der Waals surface area contributed by atoms with Crippen molar-refractivity contribution in [2.45, 2.75) is 13.3 Å². The number of aliphatic imine (C=N–C) groups is 1. The van der Waals surface area contributed by atoms with Gasteiger partial charge in [-0.25, -0.2) is 4.99 Å². The zero-order valence-electron chi connectivity index (χ0n) is 11.2. The number of hydrogen-bond acceptors (Lipinski definition) is 3. The Morgan fingerprint density at radius 2 is 2.11 bits per heavy atom. The molecular formula is C14H20N2O2. The lowest BCUT2D eigenvalue weighted by atomic mass is 10.1. The normalized spacial score (nSPS) is 11.1. The van der Waals surface area contributed by atoms with Crippen LogP contribution in [0.15, 0.2) is 29.3 Å². The Bertz CT molecular complexity index is 414. The van der Waals surface area contributed by atoms with Gasteiger partial charge >= 0.3 is 0 Å². The number of para-hydroxylation sites is 1. The molecular weight excluding hydrogens is 228 g/mol. The van der Waals surface area contributed by atoms with Gasteiger partial charge in [0.05, 0.1) is 6.42 Å². The Hall–Kier alpha value is -1.68. The largest absolute Gasteiger partial charge is 0.492 e. The third kappa shape index (κ3) is 5.10. The third-order valence-electron chi connectivity index (χ3n) is 2.38. The van der Waals surface area contributed by atoms with Crippen molar-refractivity contribution in [1.82, 2.24) is 4.90 Å². The van der Waals surface area contributed by atoms with Crippen LogP contribution in [0.5, 0.6) is 5.75 Å². The highest BCUT2D eigenvalue weighted by atomic mass is 16.5. The summed E-state index contributed by atoms with van der Waals surface area (Å²) in [7, 11) is 3.99. The molecule has 0 aromatic heterocycles. The number of ether oxygens (including phenoxy) is 1. The van der Waals surface area contributed by atoms with Crippen LogP contribution in [0.25, 0.3) is 0 Å². The predicted molar refractivity (Wildman–Crippen MR) is 73.4 cm³/mol. The summed E-state index contributed by atoms with van der Waals surface area (Å²) in [6.07, 6.45) is 1.79. The quantitative estimate of drug-likeness (QED) is 0.721. The third-order valence-corrected chi connectivity index (χ3v) is 2.38. The van der Waals surface area contributed by atoms with E-state index >= 15 is 0 Å². The SMILES string of the molecule is CC=NC(=O)Cc1ccccc1OCCN(C)C. The average Bonchev–Trinajstić information content (AvgIpc) is 2.31. The summed E-state index contributed by atoms with van der Waals surface area (Å²) in [5, 5.41) is 0. The van der Waals surface area contributed by atoms with Gasteiger partial charge < -0.3 is 9.64 Å². The lowest BCUT2D eigenvalue weighted by Gasteiger charge is -2.13. The Balaban J connectivity index is 2.64. The highest BCUT2D eigenvalue weighted by molar-refractivity contribution is 5.86. The number of benzene rings is 1. The summed E-state index contributed by atoms with van der Waals surface area (Å²) in [6, 6.07) is 7.58. The fraction of sp³-hybridized carbons (Fsp3) is 0.429. The number of hydrogen-bond donors (Lipinski definition) is 0. The van der Waals surface area contributed by atoms with Gasteiger partial charge in [0.15, 0.2) is 0 Å². The van der Waals surface area contributed by atoms with Gasteiger partial charge in [0.2, 0.25) is 5.91 Å². The molecule has 1 rings (SSSR count). The predicted octanol–water partition coefficient (Wildman–Crippen LogP) is 1.79. The van der Waals surface area contributed by atoms with E-state index in [1.807, 2.05) is 38.4 Å². The van der Waals surface area contributed by atoms with Crippen LogP contribution in [-0.2, 0) is 11.2 Å². The maximum atomic E-state index is 11.5. The van der Waals surface area contributed by atoms with Gasteiger partial charge in [-0.3, -0.25) is 4.79 Å². The molecule has 0 bridgehead atoms. The minimum Gasteiger partial charge on any atom is -0.492 e. The van der Waals surface area contributed by atoms with E-state index in [1.54, 1.807) is 6.92 Å². The van der Waals surface area contributed by atoms with Crippen molar-refractivity contribution in [1.29, 1.82) is 0 Å². The first-order valence-corrected chi connectivity index (χ1v) is 6.00. The molecule has 98 valence electrons. The molecule has 0 N–H and O–H groups in total. The van der Waals surface area contributed by atoms with E-state index in [2.05, 4.69) is 9.89 Å². The number of amides is 1. The molecule has 0 radical (unpaired) electrons. The molecule has 0 aliphatic carbocycles.